The van der Waals surface area contributed by atoms with E-state index in [9.17, 15) is 65.1 Å². The maximum Gasteiger partial charge on any atom is 0.308 e. The van der Waals surface area contributed by atoms with Gasteiger partial charge in [0.15, 0.2) is 36.7 Å². The van der Waals surface area contributed by atoms with E-state index in [1.54, 1.807) is 64.1 Å². The first-order valence-electron chi connectivity index (χ1n) is 43.2. The van der Waals surface area contributed by atoms with Crippen molar-refractivity contribution in [2.75, 3.05) is 94.9 Å². The highest BCUT2D eigenvalue weighted by Gasteiger charge is 2.53. The number of aliphatic hydroxyl groups is 9. The van der Waals surface area contributed by atoms with Gasteiger partial charge in [-0.3, -0.25) is 19.2 Å². The fourth-order valence-corrected chi connectivity index (χ4v) is 18.4. The molecule has 8 heterocycles. The average Bonchev–Trinajstić information content (AvgIpc) is 0.844. The molecule has 6 saturated heterocycles. The van der Waals surface area contributed by atoms with Crippen LogP contribution in [0.25, 0.3) is 0 Å². The van der Waals surface area contributed by atoms with E-state index in [0.717, 1.165) is 76.1 Å². The van der Waals surface area contributed by atoms with Crippen molar-refractivity contribution in [1.29, 1.82) is 0 Å². The van der Waals surface area contributed by atoms with Crippen LogP contribution in [-0.2, 0) is 76.0 Å². The van der Waals surface area contributed by atoms with Gasteiger partial charge in [-0.2, -0.15) is 0 Å². The smallest absolute Gasteiger partial charge is 0.308 e. The highest BCUT2D eigenvalue weighted by molar-refractivity contribution is 8.93. The van der Waals surface area contributed by atoms with E-state index in [2.05, 4.69) is 9.80 Å². The number of likely N-dealkylation sites (N-methyl/N-ethyl adjacent to an activating group) is 2. The normalized spacial score (nSPS) is 43.1. The van der Waals surface area contributed by atoms with Crippen LogP contribution < -0.4 is 0 Å². The van der Waals surface area contributed by atoms with Gasteiger partial charge in [-0.15, -0.1) is 17.0 Å². The molecule has 33 atom stereocenters. The van der Waals surface area contributed by atoms with Gasteiger partial charge in [-0.1, -0.05) is 89.8 Å². The molecule has 0 amide bonds. The number of rotatable bonds is 22. The molecule has 676 valence electrons. The first-order chi connectivity index (χ1) is 54.9. The summed E-state index contributed by atoms with van der Waals surface area (Å²) in [6, 6.07) is -1.33. The van der Waals surface area contributed by atoms with E-state index in [4.69, 9.17) is 56.8 Å². The number of ketones is 2. The van der Waals surface area contributed by atoms with Gasteiger partial charge in [0.05, 0.1) is 98.7 Å². The Kier molecular flexibility index (Phi) is 42.9. The number of esters is 2. The lowest BCUT2D eigenvalue weighted by Gasteiger charge is -2.50. The number of carbonyl (C=O) groups excluding carboxylic acids is 4. The highest BCUT2D eigenvalue weighted by atomic mass is 79.9. The highest BCUT2D eigenvalue weighted by Crippen LogP contribution is 2.41. The van der Waals surface area contributed by atoms with E-state index < -0.39 is 194 Å². The Morgan fingerprint density at radius 1 is 0.513 bits per heavy atom. The summed E-state index contributed by atoms with van der Waals surface area (Å²) >= 11 is 0. The van der Waals surface area contributed by atoms with Crippen molar-refractivity contribution in [2.45, 2.75) is 339 Å². The SMILES string of the molecule is Br.CCC1OC(=O)CC(O)C(C)C(OC2OC(C)C(O)C(N(C)C)C2O)C(CCN2CCCCC2)CC(C)C(=O)/C=C/C(C)=C/C1CO.CCC1OC(=O)CC(O)C(C)C(OC2OC(C)C(OC3CC(C)(O)C(O)C(C)O3)C(N(C)C)C2O)C(CCN2CCCCC2)CC(C)C(=O)/C=C/C(C)=C/C1COC1OC(C)C(O)C(OC)C1OC. The third kappa shape index (κ3) is 28.9. The zero-order valence-electron chi connectivity index (χ0n) is 73.5. The zero-order valence-corrected chi connectivity index (χ0v) is 75.2. The second-order valence-corrected chi connectivity index (χ2v) is 35.4. The number of allylic oxidation sites excluding steroid dienone is 6. The van der Waals surface area contributed by atoms with Crippen molar-refractivity contribution in [3.8, 4) is 0 Å². The fraction of sp³-hybridized carbons (Fsp3) is 0.862. The maximum absolute atomic E-state index is 14.1. The molecule has 0 aromatic rings. The van der Waals surface area contributed by atoms with Crippen LogP contribution in [0.3, 0.4) is 0 Å². The predicted molar refractivity (Wildman–Crippen MR) is 444 cm³/mol. The van der Waals surface area contributed by atoms with E-state index >= 15 is 0 Å². The van der Waals surface area contributed by atoms with Gasteiger partial charge in [0.2, 0.25) is 0 Å². The summed E-state index contributed by atoms with van der Waals surface area (Å²) in [6.07, 6.45) is -0.0690. The molecule has 0 aromatic heterocycles. The lowest BCUT2D eigenvalue weighted by Crippen LogP contribution is -2.65. The summed E-state index contributed by atoms with van der Waals surface area (Å²) in [6.45, 7) is 28.6. The Morgan fingerprint density at radius 3 is 1.38 bits per heavy atom. The Morgan fingerprint density at radius 2 is 0.940 bits per heavy atom. The molecule has 9 N–H and O–H groups in total. The van der Waals surface area contributed by atoms with Crippen LogP contribution in [0.2, 0.25) is 0 Å². The predicted octanol–water partition coefficient (Wildman–Crippen LogP) is 6.39. The van der Waals surface area contributed by atoms with Crippen LogP contribution in [-0.4, -0.2) is 337 Å². The quantitative estimate of drug-likeness (QED) is 0.0530. The Labute approximate surface area is 707 Å². The first kappa shape index (κ1) is 103. The summed E-state index contributed by atoms with van der Waals surface area (Å²) in [7, 11) is 10.2. The van der Waals surface area contributed by atoms with Gasteiger partial charge in [0.1, 0.15) is 54.9 Å². The molecule has 30 heteroatoms. The number of hydrogen-bond acceptors (Lipinski definition) is 29. The van der Waals surface area contributed by atoms with Crippen molar-refractivity contribution in [1.82, 2.24) is 19.6 Å². The van der Waals surface area contributed by atoms with Crippen molar-refractivity contribution >= 4 is 40.5 Å². The largest absolute Gasteiger partial charge is 0.462 e. The van der Waals surface area contributed by atoms with Crippen molar-refractivity contribution in [3.05, 3.63) is 47.6 Å². The van der Waals surface area contributed by atoms with E-state index in [0.29, 0.717) is 38.5 Å². The van der Waals surface area contributed by atoms with Gasteiger partial charge < -0.3 is 122 Å². The molecule has 0 radical (unpaired) electrons. The molecule has 0 saturated carbocycles. The third-order valence-electron chi connectivity index (χ3n) is 25.7. The lowest BCUT2D eigenvalue weighted by atomic mass is 9.79. The number of ether oxygens (including phenoxy) is 12. The number of cyclic esters (lactones) is 2. The third-order valence-corrected chi connectivity index (χ3v) is 25.7. The molecule has 0 spiro atoms. The molecule has 0 bridgehead atoms. The summed E-state index contributed by atoms with van der Waals surface area (Å²) < 4.78 is 74.2. The zero-order chi connectivity index (χ0) is 85.7. The summed E-state index contributed by atoms with van der Waals surface area (Å²) in [5.74, 6) is -5.01. The van der Waals surface area contributed by atoms with Gasteiger partial charge in [0.25, 0.3) is 0 Å². The van der Waals surface area contributed by atoms with Crippen LogP contribution in [0.1, 0.15) is 186 Å². The monoisotopic (exact) mass is 1730 g/mol. The van der Waals surface area contributed by atoms with Gasteiger partial charge in [-0.25, -0.2) is 0 Å². The second kappa shape index (κ2) is 48.9. The molecule has 8 rings (SSSR count). The fourth-order valence-electron chi connectivity index (χ4n) is 18.4. The number of piperidine rings is 2. The number of likely N-dealkylation sites (tertiary alicyclic amines) is 2. The Balaban J connectivity index is 0.000000387. The van der Waals surface area contributed by atoms with Gasteiger partial charge in [0, 0.05) is 56.1 Å². The van der Waals surface area contributed by atoms with Gasteiger partial charge >= 0.3 is 11.9 Å². The molecule has 6 fully saturated rings. The van der Waals surface area contributed by atoms with Crippen LogP contribution in [0.5, 0.6) is 0 Å². The van der Waals surface area contributed by atoms with Crippen LogP contribution in [0.15, 0.2) is 47.6 Å². The summed E-state index contributed by atoms with van der Waals surface area (Å²) in [5, 5.41) is 101. The maximum atomic E-state index is 14.1. The van der Waals surface area contributed by atoms with Crippen LogP contribution >= 0.6 is 17.0 Å². The van der Waals surface area contributed by atoms with E-state index in [1.165, 1.54) is 34.0 Å². The molecular formula is C87H151BrN4O25. The lowest BCUT2D eigenvalue weighted by molar-refractivity contribution is -0.342. The van der Waals surface area contributed by atoms with Crippen molar-refractivity contribution in [3.63, 3.8) is 0 Å². The molecule has 29 nitrogen and oxygen atoms in total. The minimum Gasteiger partial charge on any atom is -0.462 e. The molecule has 8 aliphatic heterocycles. The van der Waals surface area contributed by atoms with Crippen LogP contribution in [0, 0.1) is 47.3 Å². The Bertz CT molecular complexity index is 3100. The number of aliphatic hydroxyl groups excluding tert-OH is 8. The number of nitrogens with zero attached hydrogens (tertiary/aromatic N) is 4. The average molecular weight is 1730 g/mol. The minimum atomic E-state index is -1.47. The van der Waals surface area contributed by atoms with Crippen molar-refractivity contribution < 1.29 is 122 Å². The van der Waals surface area contributed by atoms with Crippen molar-refractivity contribution in [2.24, 2.45) is 47.3 Å². The molecule has 117 heavy (non-hydrogen) atoms. The first-order valence-corrected chi connectivity index (χ1v) is 43.2. The number of carbonyl (C=O) groups is 4. The number of halogens is 1. The molecule has 0 aliphatic carbocycles. The van der Waals surface area contributed by atoms with Gasteiger partial charge in [-0.05, 0) is 204 Å². The standard InChI is InChI=1S/C51H88N2O16.C36H62N2O9.BrH/c1-13-38-35(27-63-50-47(62-12)46(61-11)42(57)31(5)65-50)23-28(2)17-18-36(54)29(3)24-34(19-22-53-20-15-14-16-21-53)44(30(4)37(55)25-39(56)67-38)69-49-43(58)41(52(9)10)45(32(6)66-49)68-40-26-51(8,60)48(59)33(7)64-40;1-8-30-27(21-39)18-22(2)12-13-28(40)23(3)19-26(14-17-38-15-10-9-11-16-38)35(24(4)29(41)20-31(42)46-30)47-36-34(44)32(37(6)7)33(43)25(5)45-36;/h17-18,23,29-35,37-38,40-50,55,57-60H,13-16,19-22,24-27H2,1-12H3;12-13,18,23-27,29-30,32-36,39,41,43-44H,8-11,14-17,19-21H2,1-7H3;1H/b18-17+,28-23+;13-12+,22-18+;. The number of hydrogen-bond donors (Lipinski definition) is 9. The van der Waals surface area contributed by atoms with Crippen LogP contribution in [0.4, 0.5) is 0 Å². The summed E-state index contributed by atoms with van der Waals surface area (Å²) in [4.78, 5) is 63.2. The number of methoxy groups -OCH3 is 2. The molecular weight excluding hydrogens is 1580 g/mol. The summed E-state index contributed by atoms with van der Waals surface area (Å²) in [5.41, 5.74) is 0.0554. The van der Waals surface area contributed by atoms with E-state index in [-0.39, 0.29) is 78.8 Å². The molecule has 0 aromatic carbocycles. The second-order valence-electron chi connectivity index (χ2n) is 35.4. The topological polar surface area (TPSA) is 374 Å². The Hall–Kier alpha value is -3.20. The molecule has 33 unspecified atom stereocenters. The molecule has 8 aliphatic rings. The minimum absolute atomic E-state index is 0. The van der Waals surface area contributed by atoms with E-state index in [1.807, 2.05) is 93.5 Å².